The average Bonchev–Trinajstić information content (AvgIpc) is 3.24. The Balaban J connectivity index is 1.49. The fourth-order valence-corrected chi connectivity index (χ4v) is 4.05. The van der Waals surface area contributed by atoms with Gasteiger partial charge in [0, 0.05) is 12.5 Å². The van der Waals surface area contributed by atoms with Crippen LogP contribution in [0.1, 0.15) is 30.4 Å². The molecule has 5 heteroatoms. The van der Waals surface area contributed by atoms with Crippen LogP contribution in [0.25, 0.3) is 0 Å². The largest absolute Gasteiger partial charge is 0.323 e. The van der Waals surface area contributed by atoms with E-state index in [9.17, 15) is 9.18 Å². The van der Waals surface area contributed by atoms with E-state index in [0.717, 1.165) is 50.0 Å². The molecule has 2 heterocycles. The van der Waals surface area contributed by atoms with Crippen LogP contribution in [-0.2, 0) is 17.8 Å². The van der Waals surface area contributed by atoms with E-state index in [4.69, 9.17) is 0 Å². The molecule has 1 aromatic rings. The van der Waals surface area contributed by atoms with Crippen molar-refractivity contribution in [2.24, 2.45) is 11.3 Å². The summed E-state index contributed by atoms with van der Waals surface area (Å²) in [6, 6.07) is 3.63. The van der Waals surface area contributed by atoms with Crippen LogP contribution >= 0.6 is 0 Å². The predicted molar refractivity (Wildman–Crippen MR) is 83.1 cm³/mol. The van der Waals surface area contributed by atoms with E-state index in [1.165, 1.54) is 0 Å². The number of hydrogen-bond acceptors (Lipinski definition) is 3. The number of nitrogens with one attached hydrogen (secondary N) is 3. The third-order valence-electron chi connectivity index (χ3n) is 5.57. The standard InChI is InChI=1S/C17H22FN3O/c18-15-12-3-6-20-10-11(12)1-2-14(15)21-16(22)13-9-17(13)4-7-19-8-5-17/h1-2,13,19-20H,3-10H2,(H,21,22). The summed E-state index contributed by atoms with van der Waals surface area (Å²) < 4.78 is 14.6. The van der Waals surface area contributed by atoms with Gasteiger partial charge in [0.25, 0.3) is 0 Å². The van der Waals surface area contributed by atoms with Crippen LogP contribution in [0.15, 0.2) is 12.1 Å². The van der Waals surface area contributed by atoms with Crippen LogP contribution in [0.5, 0.6) is 0 Å². The molecule has 1 saturated heterocycles. The minimum atomic E-state index is -0.243. The highest BCUT2D eigenvalue weighted by Gasteiger charge is 2.57. The van der Waals surface area contributed by atoms with E-state index in [1.54, 1.807) is 6.07 Å². The molecule has 4 nitrogen and oxygen atoms in total. The highest BCUT2D eigenvalue weighted by Crippen LogP contribution is 2.58. The molecular formula is C17H22FN3O. The van der Waals surface area contributed by atoms with E-state index in [2.05, 4.69) is 16.0 Å². The Kier molecular flexibility index (Phi) is 3.42. The summed E-state index contributed by atoms with van der Waals surface area (Å²) in [5.41, 5.74) is 2.29. The van der Waals surface area contributed by atoms with Gasteiger partial charge in [-0.2, -0.15) is 0 Å². The Hall–Kier alpha value is -1.46. The molecule has 1 spiro atoms. The van der Waals surface area contributed by atoms with Gasteiger partial charge in [-0.15, -0.1) is 0 Å². The maximum Gasteiger partial charge on any atom is 0.228 e. The first-order valence-corrected chi connectivity index (χ1v) is 8.22. The Labute approximate surface area is 129 Å². The van der Waals surface area contributed by atoms with Crippen molar-refractivity contribution in [3.8, 4) is 0 Å². The molecule has 1 saturated carbocycles. The van der Waals surface area contributed by atoms with Gasteiger partial charge in [-0.1, -0.05) is 6.07 Å². The van der Waals surface area contributed by atoms with Crippen LogP contribution in [0, 0.1) is 17.2 Å². The van der Waals surface area contributed by atoms with Gasteiger partial charge in [-0.25, -0.2) is 4.39 Å². The molecule has 0 bridgehead atoms. The van der Waals surface area contributed by atoms with Crippen molar-refractivity contribution in [1.29, 1.82) is 0 Å². The van der Waals surface area contributed by atoms with Gasteiger partial charge in [-0.3, -0.25) is 4.79 Å². The van der Waals surface area contributed by atoms with Gasteiger partial charge < -0.3 is 16.0 Å². The number of benzene rings is 1. The number of piperidine rings is 1. The summed E-state index contributed by atoms with van der Waals surface area (Å²) in [4.78, 5) is 12.5. The second-order valence-electron chi connectivity index (χ2n) is 6.85. The maximum atomic E-state index is 14.6. The van der Waals surface area contributed by atoms with E-state index in [-0.39, 0.29) is 23.1 Å². The third kappa shape index (κ3) is 2.32. The molecule has 0 radical (unpaired) electrons. The number of halogens is 1. The van der Waals surface area contributed by atoms with Crippen molar-refractivity contribution in [2.75, 3.05) is 25.0 Å². The molecule has 22 heavy (non-hydrogen) atoms. The number of hydrogen-bond donors (Lipinski definition) is 3. The number of carbonyl (C=O) groups is 1. The number of carbonyl (C=O) groups excluding carboxylic acids is 1. The zero-order valence-electron chi connectivity index (χ0n) is 12.7. The lowest BCUT2D eigenvalue weighted by atomic mass is 9.91. The molecule has 3 N–H and O–H groups in total. The first-order chi connectivity index (χ1) is 10.7. The van der Waals surface area contributed by atoms with Crippen molar-refractivity contribution in [1.82, 2.24) is 10.6 Å². The van der Waals surface area contributed by atoms with Crippen molar-refractivity contribution in [2.45, 2.75) is 32.2 Å². The molecule has 1 aromatic carbocycles. The molecule has 3 aliphatic rings. The van der Waals surface area contributed by atoms with E-state index >= 15 is 0 Å². The number of fused-ring (bicyclic) bond motifs is 1. The Morgan fingerprint density at radius 3 is 2.86 bits per heavy atom. The van der Waals surface area contributed by atoms with Gasteiger partial charge in [-0.05, 0) is 67.9 Å². The van der Waals surface area contributed by atoms with Gasteiger partial charge >= 0.3 is 0 Å². The van der Waals surface area contributed by atoms with Gasteiger partial charge in [0.2, 0.25) is 5.91 Å². The van der Waals surface area contributed by atoms with Crippen LogP contribution < -0.4 is 16.0 Å². The smallest absolute Gasteiger partial charge is 0.228 e. The molecule has 0 aromatic heterocycles. The Bertz CT molecular complexity index is 610. The first kappa shape index (κ1) is 14.2. The van der Waals surface area contributed by atoms with E-state index in [1.807, 2.05) is 6.07 Å². The van der Waals surface area contributed by atoms with Crippen LogP contribution in [0.2, 0.25) is 0 Å². The topological polar surface area (TPSA) is 53.2 Å². The summed E-state index contributed by atoms with van der Waals surface area (Å²) in [5, 5.41) is 9.41. The molecule has 118 valence electrons. The summed E-state index contributed by atoms with van der Waals surface area (Å²) >= 11 is 0. The number of amides is 1. The Morgan fingerprint density at radius 2 is 2.05 bits per heavy atom. The summed E-state index contributed by atoms with van der Waals surface area (Å²) in [5.74, 6) is -0.186. The fourth-order valence-electron chi connectivity index (χ4n) is 4.05. The highest BCUT2D eigenvalue weighted by molar-refractivity contribution is 5.95. The third-order valence-corrected chi connectivity index (χ3v) is 5.57. The SMILES string of the molecule is O=C(Nc1ccc2c(c1F)CCNC2)C1CC12CCNCC2. The van der Waals surface area contributed by atoms with Crippen LogP contribution in [-0.4, -0.2) is 25.5 Å². The average molecular weight is 303 g/mol. The van der Waals surface area contributed by atoms with Crippen LogP contribution in [0.4, 0.5) is 10.1 Å². The molecule has 1 unspecified atom stereocenters. The summed E-state index contributed by atoms with van der Waals surface area (Å²) in [7, 11) is 0. The minimum Gasteiger partial charge on any atom is -0.323 e. The monoisotopic (exact) mass is 303 g/mol. The molecule has 1 amide bonds. The predicted octanol–water partition coefficient (Wildman–Crippen LogP) is 1.80. The van der Waals surface area contributed by atoms with Crippen molar-refractivity contribution < 1.29 is 9.18 Å². The lowest BCUT2D eigenvalue weighted by molar-refractivity contribution is -0.118. The molecule has 1 atom stereocenters. The molecular weight excluding hydrogens is 281 g/mol. The van der Waals surface area contributed by atoms with Crippen LogP contribution in [0.3, 0.4) is 0 Å². The minimum absolute atomic E-state index is 0.00492. The van der Waals surface area contributed by atoms with Crippen molar-refractivity contribution >= 4 is 11.6 Å². The normalized spacial score (nSPS) is 25.6. The molecule has 1 aliphatic carbocycles. The molecule has 2 aliphatic heterocycles. The van der Waals surface area contributed by atoms with Crippen molar-refractivity contribution in [3.63, 3.8) is 0 Å². The Morgan fingerprint density at radius 1 is 1.23 bits per heavy atom. The summed E-state index contributed by atoms with van der Waals surface area (Å²) in [6.45, 7) is 3.48. The maximum absolute atomic E-state index is 14.6. The van der Waals surface area contributed by atoms with Crippen molar-refractivity contribution in [3.05, 3.63) is 29.1 Å². The highest BCUT2D eigenvalue weighted by atomic mass is 19.1. The zero-order chi connectivity index (χ0) is 15.2. The number of rotatable bonds is 2. The van der Waals surface area contributed by atoms with E-state index < -0.39 is 0 Å². The lowest BCUT2D eigenvalue weighted by Gasteiger charge is -2.23. The number of anilines is 1. The molecule has 2 fully saturated rings. The van der Waals surface area contributed by atoms with Gasteiger partial charge in [0.1, 0.15) is 5.82 Å². The molecule has 4 rings (SSSR count). The first-order valence-electron chi connectivity index (χ1n) is 8.22. The second kappa shape index (κ2) is 5.32. The fraction of sp³-hybridized carbons (Fsp3) is 0.588. The zero-order valence-corrected chi connectivity index (χ0v) is 12.7. The quantitative estimate of drug-likeness (QED) is 0.781. The summed E-state index contributed by atoms with van der Waals surface area (Å²) in [6.07, 6.45) is 3.76. The second-order valence-corrected chi connectivity index (χ2v) is 6.85. The lowest BCUT2D eigenvalue weighted by Crippen LogP contribution is -2.32. The van der Waals surface area contributed by atoms with E-state index in [0.29, 0.717) is 18.7 Å². The van der Waals surface area contributed by atoms with Gasteiger partial charge in [0.05, 0.1) is 5.69 Å². The van der Waals surface area contributed by atoms with Gasteiger partial charge in [0.15, 0.2) is 0 Å².